The number of rotatable bonds is 5. The van der Waals surface area contributed by atoms with E-state index in [1.165, 1.54) is 22.9 Å². The van der Waals surface area contributed by atoms with Crippen molar-refractivity contribution < 1.29 is 20.4 Å². The molecule has 2 unspecified atom stereocenters. The molecule has 0 aromatic heterocycles. The van der Waals surface area contributed by atoms with Gasteiger partial charge >= 0.3 is 0 Å². The van der Waals surface area contributed by atoms with Crippen molar-refractivity contribution in [3.8, 4) is 0 Å². The topological polar surface area (TPSA) is 0 Å². The van der Waals surface area contributed by atoms with Crippen LogP contribution in [0.1, 0.15) is 0 Å². The van der Waals surface area contributed by atoms with Gasteiger partial charge in [-0.05, 0) is 22.9 Å². The van der Waals surface area contributed by atoms with Crippen LogP contribution < -0.4 is 10.6 Å². The summed E-state index contributed by atoms with van der Waals surface area (Å²) in [4.78, 5) is 0. The predicted octanol–water partition coefficient (Wildman–Crippen LogP) is 2.99. The van der Waals surface area contributed by atoms with Crippen molar-refractivity contribution in [1.29, 1.82) is 0 Å². The molecule has 2 rings (SSSR count). The second-order valence-corrected chi connectivity index (χ2v) is 6.45. The van der Waals surface area contributed by atoms with E-state index in [0.717, 1.165) is 17.2 Å². The van der Waals surface area contributed by atoms with Crippen molar-refractivity contribution in [2.45, 2.75) is 0 Å². The van der Waals surface area contributed by atoms with Gasteiger partial charge in [0.15, 0.2) is 0 Å². The van der Waals surface area contributed by atoms with E-state index in [0.29, 0.717) is 0 Å². The summed E-state index contributed by atoms with van der Waals surface area (Å²) in [5, 5.41) is 2.97. The van der Waals surface area contributed by atoms with Crippen molar-refractivity contribution in [3.05, 3.63) is 60.7 Å². The van der Waals surface area contributed by atoms with Crippen LogP contribution in [0.15, 0.2) is 60.7 Å². The first-order valence-corrected chi connectivity index (χ1v) is 7.94. The fraction of sp³-hybridized carbons (Fsp3) is 0.143. The Morgan fingerprint density at radius 2 is 0.941 bits per heavy atom. The molecule has 0 aliphatic rings. The van der Waals surface area contributed by atoms with Crippen LogP contribution in [0.25, 0.3) is 0 Å². The van der Waals surface area contributed by atoms with Gasteiger partial charge < -0.3 is 0 Å². The molecular formula is C14H16P2Pd. The largest absolute Gasteiger partial charge is 0.0900 e. The Kier molecular flexibility index (Phi) is 7.92. The zero-order valence-corrected chi connectivity index (χ0v) is 13.1. The molecule has 0 radical (unpaired) electrons. The molecule has 0 nitrogen and oxygen atoms in total. The first-order valence-electron chi connectivity index (χ1n) is 5.53. The Labute approximate surface area is 121 Å². The van der Waals surface area contributed by atoms with Gasteiger partial charge in [0.05, 0.1) is 0 Å². The van der Waals surface area contributed by atoms with Crippen LogP contribution in [-0.4, -0.2) is 12.3 Å². The Morgan fingerprint density at radius 3 is 1.29 bits per heavy atom. The maximum absolute atomic E-state index is 2.23. The van der Waals surface area contributed by atoms with Crippen molar-refractivity contribution in [2.75, 3.05) is 12.3 Å². The standard InChI is InChI=1S/C14H16P2.Pd/c1-3-7-13(8-4-1)15-11-12-16-14-9-5-2-6-10-14;/h1-10,15-16H,11-12H2;. The van der Waals surface area contributed by atoms with Crippen molar-refractivity contribution in [2.24, 2.45) is 0 Å². The van der Waals surface area contributed by atoms with Crippen LogP contribution in [0, 0.1) is 0 Å². The van der Waals surface area contributed by atoms with E-state index in [1.54, 1.807) is 0 Å². The maximum Gasteiger partial charge on any atom is 0 e. The second-order valence-electron chi connectivity index (χ2n) is 3.59. The van der Waals surface area contributed by atoms with E-state index >= 15 is 0 Å². The molecule has 0 N–H and O–H groups in total. The molecule has 0 fully saturated rings. The van der Waals surface area contributed by atoms with E-state index in [9.17, 15) is 0 Å². The molecule has 0 saturated carbocycles. The van der Waals surface area contributed by atoms with Crippen LogP contribution in [0.5, 0.6) is 0 Å². The molecule has 0 aliphatic heterocycles. The Hall–Kier alpha value is -0.0377. The summed E-state index contributed by atoms with van der Waals surface area (Å²) in [6.07, 6.45) is 2.63. The molecule has 2 atom stereocenters. The minimum atomic E-state index is 0. The molecule has 0 spiro atoms. The van der Waals surface area contributed by atoms with Crippen molar-refractivity contribution in [1.82, 2.24) is 0 Å². The van der Waals surface area contributed by atoms with Crippen LogP contribution in [0.3, 0.4) is 0 Å². The Morgan fingerprint density at radius 1 is 0.588 bits per heavy atom. The molecule has 0 aliphatic carbocycles. The minimum Gasteiger partial charge on any atom is -0.0900 e. The van der Waals surface area contributed by atoms with Crippen molar-refractivity contribution in [3.63, 3.8) is 0 Å². The molecular weight excluding hydrogens is 337 g/mol. The summed E-state index contributed by atoms with van der Waals surface area (Å²) >= 11 is 0. The van der Waals surface area contributed by atoms with Gasteiger partial charge in [0, 0.05) is 20.4 Å². The quantitative estimate of drug-likeness (QED) is 0.441. The average Bonchev–Trinajstić information content (AvgIpc) is 2.37. The number of hydrogen-bond acceptors (Lipinski definition) is 0. The monoisotopic (exact) mass is 352 g/mol. The maximum atomic E-state index is 2.23. The summed E-state index contributed by atoms with van der Waals surface area (Å²) in [7, 11) is 1.93. The molecule has 0 heterocycles. The molecule has 0 bridgehead atoms. The minimum absolute atomic E-state index is 0. The fourth-order valence-corrected chi connectivity index (χ4v) is 3.96. The second kappa shape index (κ2) is 8.97. The summed E-state index contributed by atoms with van der Waals surface area (Å²) in [6.45, 7) is 0. The van der Waals surface area contributed by atoms with Gasteiger partial charge in [-0.25, -0.2) is 0 Å². The van der Waals surface area contributed by atoms with E-state index in [-0.39, 0.29) is 20.4 Å². The van der Waals surface area contributed by atoms with Gasteiger partial charge in [-0.3, -0.25) is 0 Å². The molecule has 0 amide bonds. The van der Waals surface area contributed by atoms with E-state index in [1.807, 2.05) is 0 Å². The first-order chi connectivity index (χ1) is 7.95. The third-order valence-electron chi connectivity index (χ3n) is 2.33. The number of benzene rings is 2. The Bertz CT molecular complexity index is 362. The fourth-order valence-electron chi connectivity index (χ4n) is 1.53. The van der Waals surface area contributed by atoms with Gasteiger partial charge in [0.2, 0.25) is 0 Å². The molecule has 2 aromatic rings. The first kappa shape index (κ1) is 15.0. The molecule has 3 heteroatoms. The summed E-state index contributed by atoms with van der Waals surface area (Å²) in [5.41, 5.74) is 0. The normalized spacial score (nSPS) is 11.1. The predicted molar refractivity (Wildman–Crippen MR) is 78.5 cm³/mol. The number of hydrogen-bond donors (Lipinski definition) is 0. The van der Waals surface area contributed by atoms with E-state index < -0.39 is 0 Å². The SMILES string of the molecule is [Pd].c1ccc(PCCPc2ccccc2)cc1. The molecule has 0 saturated heterocycles. The van der Waals surface area contributed by atoms with Crippen LogP contribution in [-0.2, 0) is 20.4 Å². The average molecular weight is 353 g/mol. The molecule has 92 valence electrons. The summed E-state index contributed by atoms with van der Waals surface area (Å²) in [6, 6.07) is 21.6. The molecule has 17 heavy (non-hydrogen) atoms. The summed E-state index contributed by atoms with van der Waals surface area (Å²) in [5.74, 6) is 0. The van der Waals surface area contributed by atoms with E-state index in [4.69, 9.17) is 0 Å². The van der Waals surface area contributed by atoms with Crippen LogP contribution in [0.4, 0.5) is 0 Å². The third-order valence-corrected chi connectivity index (χ3v) is 5.31. The van der Waals surface area contributed by atoms with E-state index in [2.05, 4.69) is 60.7 Å². The smallest absolute Gasteiger partial charge is 0 e. The van der Waals surface area contributed by atoms with Gasteiger partial charge in [0.1, 0.15) is 0 Å². The third kappa shape index (κ3) is 5.90. The van der Waals surface area contributed by atoms with Crippen LogP contribution in [0.2, 0.25) is 0 Å². The van der Waals surface area contributed by atoms with Gasteiger partial charge in [-0.2, -0.15) is 0 Å². The molecule has 2 aromatic carbocycles. The summed E-state index contributed by atoms with van der Waals surface area (Å²) < 4.78 is 0. The zero-order valence-electron chi connectivity index (χ0n) is 9.50. The van der Waals surface area contributed by atoms with Gasteiger partial charge in [-0.1, -0.05) is 77.8 Å². The van der Waals surface area contributed by atoms with Gasteiger partial charge in [0.25, 0.3) is 0 Å². The zero-order chi connectivity index (χ0) is 11.1. The van der Waals surface area contributed by atoms with Crippen molar-refractivity contribution >= 4 is 27.8 Å². The van der Waals surface area contributed by atoms with Gasteiger partial charge in [-0.15, -0.1) is 0 Å². The Balaban J connectivity index is 0.00000144. The van der Waals surface area contributed by atoms with Crippen LogP contribution >= 0.6 is 17.2 Å².